The molecule has 0 amide bonds. The largest absolute Gasteiger partial charge is 0.0654 e. The second-order valence-corrected chi connectivity index (χ2v) is 7.29. The highest BCUT2D eigenvalue weighted by atomic mass is 14.4. The summed E-state index contributed by atoms with van der Waals surface area (Å²) in [6.07, 6.45) is 17.6. The average molecular weight is 281 g/mol. The summed E-state index contributed by atoms with van der Waals surface area (Å²) in [5, 5.41) is 0. The molecule has 0 bridgehead atoms. The van der Waals surface area contributed by atoms with E-state index in [1.165, 1.54) is 77.0 Å². The Hall–Kier alpha value is 0. The zero-order valence-corrected chi connectivity index (χ0v) is 14.8. The van der Waals surface area contributed by atoms with Crippen molar-refractivity contribution < 1.29 is 0 Å². The molecule has 0 radical (unpaired) electrons. The van der Waals surface area contributed by atoms with E-state index >= 15 is 0 Å². The molecular formula is C20H40. The molecular weight excluding hydrogens is 240 g/mol. The third-order valence-corrected chi connectivity index (χ3v) is 5.77. The lowest BCUT2D eigenvalue weighted by molar-refractivity contribution is 0.0608. The van der Waals surface area contributed by atoms with E-state index in [-0.39, 0.29) is 0 Å². The molecule has 0 heterocycles. The quantitative estimate of drug-likeness (QED) is 0.396. The van der Waals surface area contributed by atoms with Crippen LogP contribution < -0.4 is 0 Å². The van der Waals surface area contributed by atoms with E-state index in [0.717, 1.165) is 23.7 Å². The number of hydrogen-bond donors (Lipinski definition) is 0. The first-order chi connectivity index (χ1) is 9.78. The Morgan fingerprint density at radius 3 is 1.25 bits per heavy atom. The lowest BCUT2D eigenvalue weighted by Gasteiger charge is -2.44. The predicted octanol–water partition coefficient (Wildman–Crippen LogP) is 7.23. The van der Waals surface area contributed by atoms with Crippen LogP contribution in [0.2, 0.25) is 0 Å². The van der Waals surface area contributed by atoms with Gasteiger partial charge in [-0.2, -0.15) is 0 Å². The molecule has 1 rings (SSSR count). The second kappa shape index (κ2) is 10.7. The van der Waals surface area contributed by atoms with Gasteiger partial charge >= 0.3 is 0 Å². The molecule has 0 aromatic rings. The van der Waals surface area contributed by atoms with Gasteiger partial charge in [-0.1, -0.05) is 79.1 Å². The average Bonchev–Trinajstić information content (AvgIpc) is 2.46. The second-order valence-electron chi connectivity index (χ2n) is 7.29. The van der Waals surface area contributed by atoms with Crippen molar-refractivity contribution in [3.63, 3.8) is 0 Å². The van der Waals surface area contributed by atoms with E-state index in [1.54, 1.807) is 0 Å². The Labute approximate surface area is 129 Å². The number of rotatable bonds is 10. The van der Waals surface area contributed by atoms with Crippen molar-refractivity contribution in [2.24, 2.45) is 23.7 Å². The van der Waals surface area contributed by atoms with Gasteiger partial charge in [0.1, 0.15) is 0 Å². The maximum Gasteiger partial charge on any atom is -0.0355 e. The van der Waals surface area contributed by atoms with Gasteiger partial charge in [0.2, 0.25) is 0 Å². The molecule has 120 valence electrons. The third kappa shape index (κ3) is 5.41. The van der Waals surface area contributed by atoms with E-state index in [2.05, 4.69) is 27.7 Å². The summed E-state index contributed by atoms with van der Waals surface area (Å²) in [4.78, 5) is 0. The van der Waals surface area contributed by atoms with Crippen LogP contribution in [0.25, 0.3) is 0 Å². The molecule has 0 aliphatic heterocycles. The molecule has 1 aliphatic rings. The first-order valence-electron chi connectivity index (χ1n) is 9.78. The smallest absolute Gasteiger partial charge is 0.0355 e. The molecule has 4 atom stereocenters. The van der Waals surface area contributed by atoms with E-state index in [4.69, 9.17) is 0 Å². The predicted molar refractivity (Wildman–Crippen MR) is 92.1 cm³/mol. The van der Waals surface area contributed by atoms with Crippen molar-refractivity contribution in [1.29, 1.82) is 0 Å². The highest BCUT2D eigenvalue weighted by Crippen LogP contribution is 2.47. The van der Waals surface area contributed by atoms with Crippen molar-refractivity contribution in [3.05, 3.63) is 0 Å². The topological polar surface area (TPSA) is 0 Å². The fraction of sp³-hybridized carbons (Fsp3) is 1.00. The van der Waals surface area contributed by atoms with E-state index in [1.807, 2.05) is 0 Å². The zero-order valence-electron chi connectivity index (χ0n) is 14.8. The molecule has 1 saturated carbocycles. The van der Waals surface area contributed by atoms with Crippen LogP contribution >= 0.6 is 0 Å². The van der Waals surface area contributed by atoms with Crippen LogP contribution in [-0.2, 0) is 0 Å². The molecule has 0 saturated heterocycles. The molecule has 0 aromatic carbocycles. The molecule has 0 nitrogen and oxygen atoms in total. The zero-order chi connectivity index (χ0) is 14.8. The van der Waals surface area contributed by atoms with Crippen molar-refractivity contribution in [2.75, 3.05) is 0 Å². The van der Waals surface area contributed by atoms with Gasteiger partial charge in [-0.3, -0.25) is 0 Å². The summed E-state index contributed by atoms with van der Waals surface area (Å²) < 4.78 is 0. The first kappa shape index (κ1) is 18.1. The molecule has 4 unspecified atom stereocenters. The van der Waals surface area contributed by atoms with Gasteiger partial charge in [0, 0.05) is 0 Å². The van der Waals surface area contributed by atoms with Crippen molar-refractivity contribution in [3.8, 4) is 0 Å². The third-order valence-electron chi connectivity index (χ3n) is 5.77. The summed E-state index contributed by atoms with van der Waals surface area (Å²) in [6.45, 7) is 9.50. The van der Waals surface area contributed by atoms with Gasteiger partial charge in [0.25, 0.3) is 0 Å². The Morgan fingerprint density at radius 1 is 0.550 bits per heavy atom. The van der Waals surface area contributed by atoms with E-state index < -0.39 is 0 Å². The molecule has 0 spiro atoms. The van der Waals surface area contributed by atoms with Crippen LogP contribution in [0.3, 0.4) is 0 Å². The Bertz CT molecular complexity index is 196. The van der Waals surface area contributed by atoms with Gasteiger partial charge in [-0.15, -0.1) is 0 Å². The van der Waals surface area contributed by atoms with Gasteiger partial charge in [0.05, 0.1) is 0 Å². The van der Waals surface area contributed by atoms with E-state index in [9.17, 15) is 0 Å². The van der Waals surface area contributed by atoms with Crippen LogP contribution in [0.5, 0.6) is 0 Å². The Balaban J connectivity index is 2.74. The monoisotopic (exact) mass is 280 g/mol. The molecule has 0 aromatic heterocycles. The minimum atomic E-state index is 1.06. The van der Waals surface area contributed by atoms with Crippen molar-refractivity contribution in [1.82, 2.24) is 0 Å². The summed E-state index contributed by atoms with van der Waals surface area (Å²) >= 11 is 0. The highest BCUT2D eigenvalue weighted by molar-refractivity contribution is 4.87. The van der Waals surface area contributed by atoms with Crippen LogP contribution in [0, 0.1) is 23.7 Å². The molecule has 1 aliphatic carbocycles. The Morgan fingerprint density at radius 2 is 0.950 bits per heavy atom. The number of unbranched alkanes of at least 4 members (excludes halogenated alkanes) is 2. The first-order valence-corrected chi connectivity index (χ1v) is 9.78. The van der Waals surface area contributed by atoms with Crippen LogP contribution in [0.1, 0.15) is 105 Å². The fourth-order valence-electron chi connectivity index (χ4n) is 4.79. The minimum Gasteiger partial charge on any atom is -0.0654 e. The molecule has 20 heavy (non-hydrogen) atoms. The van der Waals surface area contributed by atoms with E-state index in [0.29, 0.717) is 0 Å². The fourth-order valence-corrected chi connectivity index (χ4v) is 4.79. The molecule has 1 fully saturated rings. The SMILES string of the molecule is CCCCC1C(CCC)CCC(CCC)C1CCCC. The van der Waals surface area contributed by atoms with Gasteiger partial charge in [-0.25, -0.2) is 0 Å². The van der Waals surface area contributed by atoms with Gasteiger partial charge in [-0.05, 0) is 49.4 Å². The summed E-state index contributed by atoms with van der Waals surface area (Å²) in [5.74, 6) is 4.24. The van der Waals surface area contributed by atoms with Crippen molar-refractivity contribution >= 4 is 0 Å². The van der Waals surface area contributed by atoms with Crippen LogP contribution in [0.15, 0.2) is 0 Å². The molecule has 0 N–H and O–H groups in total. The van der Waals surface area contributed by atoms with Gasteiger partial charge in [0.15, 0.2) is 0 Å². The summed E-state index contributed by atoms with van der Waals surface area (Å²) in [5.41, 5.74) is 0. The lowest BCUT2D eigenvalue weighted by atomic mass is 9.61. The Kier molecular flexibility index (Phi) is 9.65. The van der Waals surface area contributed by atoms with Crippen LogP contribution in [-0.4, -0.2) is 0 Å². The maximum atomic E-state index is 2.38. The molecule has 0 heteroatoms. The standard InChI is InChI=1S/C20H40/c1-5-9-13-19-17(11-7-3)15-16-18(12-8-4)20(19)14-10-6-2/h17-20H,5-16H2,1-4H3. The number of hydrogen-bond acceptors (Lipinski definition) is 0. The minimum absolute atomic E-state index is 1.06. The summed E-state index contributed by atoms with van der Waals surface area (Å²) in [6, 6.07) is 0. The van der Waals surface area contributed by atoms with Crippen molar-refractivity contribution in [2.45, 2.75) is 105 Å². The van der Waals surface area contributed by atoms with Gasteiger partial charge < -0.3 is 0 Å². The highest BCUT2D eigenvalue weighted by Gasteiger charge is 2.37. The normalized spacial score (nSPS) is 30.6. The maximum absolute atomic E-state index is 2.38. The van der Waals surface area contributed by atoms with Crippen LogP contribution in [0.4, 0.5) is 0 Å². The summed E-state index contributed by atoms with van der Waals surface area (Å²) in [7, 11) is 0. The lowest BCUT2D eigenvalue weighted by Crippen LogP contribution is -2.35.